The molecule has 0 radical (unpaired) electrons. The molecule has 0 rings (SSSR count). The number of rotatable bonds is 11. The molecule has 0 aromatic rings. The van der Waals surface area contributed by atoms with E-state index in [9.17, 15) is 14.2 Å². The monoisotopic (exact) mass is 310 g/mol. The number of ether oxygens (including phenoxy) is 1. The first-order valence-corrected chi connectivity index (χ1v) is 7.81. The minimum Gasteiger partial charge on any atom is -0.463 e. The van der Waals surface area contributed by atoms with Crippen molar-refractivity contribution < 1.29 is 38.5 Å². The van der Waals surface area contributed by atoms with Gasteiger partial charge < -0.3 is 14.5 Å². The third kappa shape index (κ3) is 13.2. The van der Waals surface area contributed by atoms with Crippen molar-refractivity contribution in [1.29, 1.82) is 0 Å². The summed E-state index contributed by atoms with van der Waals surface area (Å²) in [6.07, 6.45) is 3.00. The zero-order chi connectivity index (χ0) is 15.4. The molecule has 0 saturated heterocycles. The van der Waals surface area contributed by atoms with Gasteiger partial charge in [0.05, 0.1) is 13.2 Å². The van der Waals surface area contributed by atoms with Gasteiger partial charge in [-0.1, -0.05) is 13.0 Å². The van der Waals surface area contributed by atoms with Gasteiger partial charge in [-0.25, -0.2) is 9.59 Å². The lowest BCUT2D eigenvalue weighted by molar-refractivity contribution is -0.270. The van der Waals surface area contributed by atoms with Crippen LogP contribution < -0.4 is 0 Å². The molecule has 0 atom stereocenters. The molecule has 0 aromatic carbocycles. The summed E-state index contributed by atoms with van der Waals surface area (Å²) in [7, 11) is -4.41. The van der Waals surface area contributed by atoms with Crippen LogP contribution in [-0.2, 0) is 28.7 Å². The normalized spacial score (nSPS) is 10.9. The average molecular weight is 310 g/mol. The van der Waals surface area contributed by atoms with Crippen LogP contribution in [0, 0.1) is 0 Å². The van der Waals surface area contributed by atoms with E-state index in [0.29, 0.717) is 19.4 Å². The van der Waals surface area contributed by atoms with E-state index in [2.05, 4.69) is 16.4 Å². The highest BCUT2D eigenvalue weighted by Crippen LogP contribution is 2.33. The standard InChI is InChI=1S/C11H19O8P/c1-2-10(12)17-7-5-3-4-6-8-18-19-11(13)9-20(14,15)16/h2H,1,3-9H2,(H2,14,15,16). The molecule has 0 saturated carbocycles. The van der Waals surface area contributed by atoms with E-state index in [1.165, 1.54) is 0 Å². The summed E-state index contributed by atoms with van der Waals surface area (Å²) in [6.45, 7) is 3.72. The quantitative estimate of drug-likeness (QED) is 0.144. The number of hydrogen-bond donors (Lipinski definition) is 2. The fraction of sp³-hybridized carbons (Fsp3) is 0.636. The Morgan fingerprint density at radius 2 is 1.70 bits per heavy atom. The molecule has 116 valence electrons. The van der Waals surface area contributed by atoms with E-state index in [1.807, 2.05) is 0 Å². The van der Waals surface area contributed by atoms with Crippen molar-refractivity contribution >= 4 is 19.5 Å². The van der Waals surface area contributed by atoms with Gasteiger partial charge in [0.15, 0.2) is 6.16 Å². The second-order valence-electron chi connectivity index (χ2n) is 3.89. The van der Waals surface area contributed by atoms with Gasteiger partial charge in [0.25, 0.3) is 0 Å². The summed E-state index contributed by atoms with van der Waals surface area (Å²) in [4.78, 5) is 47.2. The number of hydrogen-bond acceptors (Lipinski definition) is 6. The fourth-order valence-corrected chi connectivity index (χ4v) is 1.54. The Kier molecular flexibility index (Phi) is 9.92. The molecular weight excluding hydrogens is 291 g/mol. The van der Waals surface area contributed by atoms with Crippen LogP contribution in [-0.4, -0.2) is 41.1 Å². The first kappa shape index (κ1) is 18.8. The van der Waals surface area contributed by atoms with Gasteiger partial charge in [0, 0.05) is 6.08 Å². The molecule has 20 heavy (non-hydrogen) atoms. The van der Waals surface area contributed by atoms with Crippen molar-refractivity contribution in [2.45, 2.75) is 25.7 Å². The van der Waals surface area contributed by atoms with Gasteiger partial charge in [-0.05, 0) is 19.3 Å². The molecular formula is C11H19O8P. The number of esters is 1. The van der Waals surface area contributed by atoms with E-state index in [-0.39, 0.29) is 6.61 Å². The Balaban J connectivity index is 3.33. The maximum Gasteiger partial charge on any atom is 0.354 e. The maximum absolute atomic E-state index is 10.8. The number of carbonyl (C=O) groups excluding carboxylic acids is 2. The summed E-state index contributed by atoms with van der Waals surface area (Å²) in [5.74, 6) is -1.56. The summed E-state index contributed by atoms with van der Waals surface area (Å²) < 4.78 is 15.2. The zero-order valence-electron chi connectivity index (χ0n) is 11.0. The predicted molar refractivity (Wildman–Crippen MR) is 68.6 cm³/mol. The van der Waals surface area contributed by atoms with Crippen molar-refractivity contribution in [2.24, 2.45) is 0 Å². The van der Waals surface area contributed by atoms with E-state index < -0.39 is 25.7 Å². The van der Waals surface area contributed by atoms with Gasteiger partial charge in [-0.15, -0.1) is 0 Å². The molecule has 0 bridgehead atoms. The third-order valence-electron chi connectivity index (χ3n) is 2.02. The molecule has 0 aliphatic carbocycles. The highest BCUT2D eigenvalue weighted by molar-refractivity contribution is 7.52. The van der Waals surface area contributed by atoms with Crippen molar-refractivity contribution in [3.8, 4) is 0 Å². The van der Waals surface area contributed by atoms with E-state index in [0.717, 1.165) is 18.9 Å². The van der Waals surface area contributed by atoms with Crippen LogP contribution >= 0.6 is 7.60 Å². The molecule has 0 amide bonds. The fourth-order valence-electron chi connectivity index (χ4n) is 1.15. The van der Waals surface area contributed by atoms with Gasteiger partial charge >= 0.3 is 19.5 Å². The summed E-state index contributed by atoms with van der Waals surface area (Å²) in [6, 6.07) is 0. The molecule has 9 heteroatoms. The van der Waals surface area contributed by atoms with Crippen LogP contribution in [0.15, 0.2) is 12.7 Å². The molecule has 0 spiro atoms. The van der Waals surface area contributed by atoms with Crippen molar-refractivity contribution in [2.75, 3.05) is 19.4 Å². The van der Waals surface area contributed by atoms with E-state index in [4.69, 9.17) is 14.5 Å². The van der Waals surface area contributed by atoms with Crippen molar-refractivity contribution in [3.05, 3.63) is 12.7 Å². The predicted octanol–water partition coefficient (Wildman–Crippen LogP) is 0.928. The van der Waals surface area contributed by atoms with Crippen LogP contribution in [0.5, 0.6) is 0 Å². The summed E-state index contributed by atoms with van der Waals surface area (Å²) >= 11 is 0. The lowest BCUT2D eigenvalue weighted by atomic mass is 10.2. The van der Waals surface area contributed by atoms with Gasteiger partial charge in [-0.2, -0.15) is 4.89 Å². The Hall–Kier alpha value is -1.21. The second kappa shape index (κ2) is 10.6. The topological polar surface area (TPSA) is 119 Å². The van der Waals surface area contributed by atoms with Crippen LogP contribution in [0.1, 0.15) is 25.7 Å². The minimum atomic E-state index is -4.41. The van der Waals surface area contributed by atoms with Crippen LogP contribution in [0.2, 0.25) is 0 Å². The van der Waals surface area contributed by atoms with Gasteiger partial charge in [-0.3, -0.25) is 9.45 Å². The van der Waals surface area contributed by atoms with Crippen LogP contribution in [0.4, 0.5) is 0 Å². The molecule has 0 aromatic heterocycles. The Bertz CT molecular complexity index is 361. The number of carbonyl (C=O) groups is 2. The van der Waals surface area contributed by atoms with E-state index >= 15 is 0 Å². The van der Waals surface area contributed by atoms with Gasteiger partial charge in [0.2, 0.25) is 0 Å². The third-order valence-corrected chi connectivity index (χ3v) is 2.69. The molecule has 0 aliphatic heterocycles. The highest BCUT2D eigenvalue weighted by atomic mass is 31.2. The van der Waals surface area contributed by atoms with Crippen molar-refractivity contribution in [1.82, 2.24) is 0 Å². The smallest absolute Gasteiger partial charge is 0.354 e. The Morgan fingerprint density at radius 1 is 1.10 bits per heavy atom. The Labute approximate surface area is 116 Å². The SMILES string of the molecule is C=CC(=O)OCCCCCCOOC(=O)CP(=O)(O)O. The Morgan fingerprint density at radius 3 is 2.25 bits per heavy atom. The molecule has 0 unspecified atom stereocenters. The molecule has 8 nitrogen and oxygen atoms in total. The average Bonchev–Trinajstić information content (AvgIpc) is 2.34. The lowest BCUT2D eigenvalue weighted by Crippen LogP contribution is -2.11. The molecule has 2 N–H and O–H groups in total. The maximum atomic E-state index is 10.8. The molecule has 0 fully saturated rings. The largest absolute Gasteiger partial charge is 0.463 e. The summed E-state index contributed by atoms with van der Waals surface area (Å²) in [5.41, 5.74) is 0. The first-order chi connectivity index (χ1) is 9.35. The molecule has 0 aliphatic rings. The van der Waals surface area contributed by atoms with Crippen molar-refractivity contribution in [3.63, 3.8) is 0 Å². The molecule has 0 heterocycles. The van der Waals surface area contributed by atoms with E-state index in [1.54, 1.807) is 0 Å². The number of unbranched alkanes of at least 4 members (excludes halogenated alkanes) is 3. The second-order valence-corrected chi connectivity index (χ2v) is 5.53. The minimum absolute atomic E-state index is 0.138. The summed E-state index contributed by atoms with van der Waals surface area (Å²) in [5, 5.41) is 0. The van der Waals surface area contributed by atoms with Crippen LogP contribution in [0.3, 0.4) is 0 Å². The first-order valence-electron chi connectivity index (χ1n) is 6.01. The highest BCUT2D eigenvalue weighted by Gasteiger charge is 2.20. The van der Waals surface area contributed by atoms with Crippen LogP contribution in [0.25, 0.3) is 0 Å². The van der Waals surface area contributed by atoms with Gasteiger partial charge in [0.1, 0.15) is 0 Å². The lowest BCUT2D eigenvalue weighted by Gasteiger charge is -2.05. The zero-order valence-corrected chi connectivity index (χ0v) is 11.9.